The standard InChI is InChI=1S/C23H30N2O3/c1-18(2)25(23(27)20-11-6-7-12-20)17-22(26)24(16-21-13-8-14-28-21)15-19-9-4-3-5-10-19/h3-5,8-10,13-14,18,20H,6-7,11-12,15-17H2,1-2H3. The lowest BCUT2D eigenvalue weighted by atomic mass is 10.1. The zero-order valence-corrected chi connectivity index (χ0v) is 16.8. The van der Waals surface area contributed by atoms with Crippen LogP contribution >= 0.6 is 0 Å². The Labute approximate surface area is 167 Å². The highest BCUT2D eigenvalue weighted by atomic mass is 16.3. The molecule has 0 radical (unpaired) electrons. The molecule has 5 heteroatoms. The summed E-state index contributed by atoms with van der Waals surface area (Å²) in [5.74, 6) is 0.879. The zero-order chi connectivity index (χ0) is 19.9. The van der Waals surface area contributed by atoms with Crippen LogP contribution in [0.2, 0.25) is 0 Å². The van der Waals surface area contributed by atoms with Gasteiger partial charge in [-0.2, -0.15) is 0 Å². The summed E-state index contributed by atoms with van der Waals surface area (Å²) in [4.78, 5) is 29.7. The second kappa shape index (κ2) is 9.58. The monoisotopic (exact) mass is 382 g/mol. The average Bonchev–Trinajstić information content (AvgIpc) is 3.39. The lowest BCUT2D eigenvalue weighted by Crippen LogP contribution is -2.47. The van der Waals surface area contributed by atoms with Crippen LogP contribution in [0.25, 0.3) is 0 Å². The van der Waals surface area contributed by atoms with Crippen LogP contribution in [0.5, 0.6) is 0 Å². The predicted octanol–water partition coefficient (Wildman–Crippen LogP) is 4.24. The van der Waals surface area contributed by atoms with E-state index in [9.17, 15) is 9.59 Å². The molecule has 0 unspecified atom stereocenters. The summed E-state index contributed by atoms with van der Waals surface area (Å²) in [6, 6.07) is 13.6. The Morgan fingerprint density at radius 2 is 1.75 bits per heavy atom. The van der Waals surface area contributed by atoms with Gasteiger partial charge in [0.25, 0.3) is 0 Å². The quantitative estimate of drug-likeness (QED) is 0.686. The number of hydrogen-bond donors (Lipinski definition) is 0. The summed E-state index contributed by atoms with van der Waals surface area (Å²) in [7, 11) is 0. The predicted molar refractivity (Wildman–Crippen MR) is 108 cm³/mol. The lowest BCUT2D eigenvalue weighted by molar-refractivity contribution is -0.145. The number of benzene rings is 1. The molecule has 0 aliphatic heterocycles. The van der Waals surface area contributed by atoms with E-state index in [4.69, 9.17) is 4.42 Å². The first-order chi connectivity index (χ1) is 13.5. The Morgan fingerprint density at radius 3 is 2.36 bits per heavy atom. The molecule has 1 saturated carbocycles. The van der Waals surface area contributed by atoms with E-state index in [1.165, 1.54) is 0 Å². The van der Waals surface area contributed by atoms with Crippen molar-refractivity contribution in [2.75, 3.05) is 6.54 Å². The molecule has 28 heavy (non-hydrogen) atoms. The first-order valence-corrected chi connectivity index (χ1v) is 10.2. The Bertz CT molecular complexity index is 749. The van der Waals surface area contributed by atoms with Crippen LogP contribution in [0, 0.1) is 5.92 Å². The van der Waals surface area contributed by atoms with Crippen molar-refractivity contribution in [1.29, 1.82) is 0 Å². The highest BCUT2D eigenvalue weighted by Gasteiger charge is 2.31. The van der Waals surface area contributed by atoms with Crippen LogP contribution in [0.3, 0.4) is 0 Å². The molecule has 2 aromatic rings. The van der Waals surface area contributed by atoms with Crippen molar-refractivity contribution in [1.82, 2.24) is 9.80 Å². The number of amides is 2. The molecule has 1 aliphatic rings. The number of carbonyl (C=O) groups excluding carboxylic acids is 2. The topological polar surface area (TPSA) is 53.8 Å². The van der Waals surface area contributed by atoms with E-state index in [0.29, 0.717) is 13.1 Å². The van der Waals surface area contributed by atoms with E-state index in [1.54, 1.807) is 16.1 Å². The van der Waals surface area contributed by atoms with Gasteiger partial charge in [-0.3, -0.25) is 9.59 Å². The number of carbonyl (C=O) groups is 2. The van der Waals surface area contributed by atoms with Crippen LogP contribution in [0.4, 0.5) is 0 Å². The second-order valence-electron chi connectivity index (χ2n) is 7.86. The average molecular weight is 383 g/mol. The summed E-state index contributed by atoms with van der Waals surface area (Å²) in [5.41, 5.74) is 1.06. The summed E-state index contributed by atoms with van der Waals surface area (Å²) in [6.45, 7) is 4.96. The molecule has 1 aromatic carbocycles. The smallest absolute Gasteiger partial charge is 0.242 e. The number of rotatable bonds is 8. The van der Waals surface area contributed by atoms with Crippen LogP contribution in [0.15, 0.2) is 53.1 Å². The minimum absolute atomic E-state index is 0.000705. The van der Waals surface area contributed by atoms with E-state index >= 15 is 0 Å². The van der Waals surface area contributed by atoms with E-state index in [0.717, 1.165) is 37.0 Å². The van der Waals surface area contributed by atoms with Crippen molar-refractivity contribution in [2.24, 2.45) is 5.92 Å². The SMILES string of the molecule is CC(C)N(CC(=O)N(Cc1ccccc1)Cc1ccco1)C(=O)C1CCCC1. The van der Waals surface area contributed by atoms with Gasteiger partial charge in [0.1, 0.15) is 12.3 Å². The Morgan fingerprint density at radius 1 is 1.04 bits per heavy atom. The van der Waals surface area contributed by atoms with Crippen molar-refractivity contribution in [3.05, 3.63) is 60.1 Å². The van der Waals surface area contributed by atoms with Crippen molar-refractivity contribution < 1.29 is 14.0 Å². The molecule has 1 fully saturated rings. The third-order valence-corrected chi connectivity index (χ3v) is 5.41. The molecule has 5 nitrogen and oxygen atoms in total. The fourth-order valence-electron chi connectivity index (χ4n) is 3.79. The highest BCUT2D eigenvalue weighted by Crippen LogP contribution is 2.27. The first-order valence-electron chi connectivity index (χ1n) is 10.2. The minimum atomic E-state index is -0.0553. The zero-order valence-electron chi connectivity index (χ0n) is 16.8. The van der Waals surface area contributed by atoms with Crippen molar-refractivity contribution in [2.45, 2.75) is 58.7 Å². The van der Waals surface area contributed by atoms with E-state index in [2.05, 4.69) is 0 Å². The normalized spacial score (nSPS) is 14.4. The van der Waals surface area contributed by atoms with Crippen LogP contribution in [-0.4, -0.2) is 34.2 Å². The van der Waals surface area contributed by atoms with Gasteiger partial charge < -0.3 is 14.2 Å². The Balaban J connectivity index is 1.73. The second-order valence-corrected chi connectivity index (χ2v) is 7.86. The van der Waals surface area contributed by atoms with Crippen molar-refractivity contribution in [3.63, 3.8) is 0 Å². The van der Waals surface area contributed by atoms with E-state index in [-0.39, 0.29) is 30.3 Å². The van der Waals surface area contributed by atoms with Gasteiger partial charge in [0.15, 0.2) is 0 Å². The summed E-state index contributed by atoms with van der Waals surface area (Å²) >= 11 is 0. The van der Waals surface area contributed by atoms with Gasteiger partial charge >= 0.3 is 0 Å². The maximum Gasteiger partial charge on any atom is 0.242 e. The van der Waals surface area contributed by atoms with Gasteiger partial charge in [-0.15, -0.1) is 0 Å². The fraction of sp³-hybridized carbons (Fsp3) is 0.478. The number of hydrogen-bond acceptors (Lipinski definition) is 3. The molecule has 1 aromatic heterocycles. The molecule has 150 valence electrons. The molecule has 0 bridgehead atoms. The summed E-state index contributed by atoms with van der Waals surface area (Å²) < 4.78 is 5.46. The summed E-state index contributed by atoms with van der Waals surface area (Å²) in [6.07, 6.45) is 5.71. The molecule has 0 atom stereocenters. The Hall–Kier alpha value is -2.56. The van der Waals surface area contributed by atoms with Gasteiger partial charge in [-0.05, 0) is 44.4 Å². The molecule has 0 saturated heterocycles. The number of furan rings is 1. The van der Waals surface area contributed by atoms with Gasteiger partial charge in [0, 0.05) is 18.5 Å². The van der Waals surface area contributed by atoms with Gasteiger partial charge in [0.05, 0.1) is 12.8 Å². The molecule has 3 rings (SSSR count). The molecule has 2 amide bonds. The van der Waals surface area contributed by atoms with Crippen LogP contribution < -0.4 is 0 Å². The minimum Gasteiger partial charge on any atom is -0.467 e. The lowest BCUT2D eigenvalue weighted by Gasteiger charge is -2.31. The van der Waals surface area contributed by atoms with Crippen LogP contribution in [-0.2, 0) is 22.7 Å². The van der Waals surface area contributed by atoms with E-state index < -0.39 is 0 Å². The Kier molecular flexibility index (Phi) is 6.90. The maximum absolute atomic E-state index is 13.2. The maximum atomic E-state index is 13.2. The largest absolute Gasteiger partial charge is 0.467 e. The molecule has 0 N–H and O–H groups in total. The molecular weight excluding hydrogens is 352 g/mol. The van der Waals surface area contributed by atoms with Crippen molar-refractivity contribution in [3.8, 4) is 0 Å². The van der Waals surface area contributed by atoms with E-state index in [1.807, 2.05) is 56.3 Å². The molecular formula is C23H30N2O3. The van der Waals surface area contributed by atoms with Gasteiger partial charge in [-0.1, -0.05) is 43.2 Å². The van der Waals surface area contributed by atoms with Gasteiger partial charge in [-0.25, -0.2) is 0 Å². The molecule has 0 spiro atoms. The molecule has 1 aliphatic carbocycles. The fourth-order valence-corrected chi connectivity index (χ4v) is 3.79. The van der Waals surface area contributed by atoms with Crippen molar-refractivity contribution >= 4 is 11.8 Å². The first kappa shape index (κ1) is 20.2. The molecule has 1 heterocycles. The van der Waals surface area contributed by atoms with Crippen LogP contribution in [0.1, 0.15) is 50.9 Å². The third kappa shape index (κ3) is 5.24. The van der Waals surface area contributed by atoms with Gasteiger partial charge in [0.2, 0.25) is 11.8 Å². The highest BCUT2D eigenvalue weighted by molar-refractivity contribution is 5.86. The third-order valence-electron chi connectivity index (χ3n) is 5.41. The summed E-state index contributed by atoms with van der Waals surface area (Å²) in [5, 5.41) is 0. The number of nitrogens with zero attached hydrogens (tertiary/aromatic N) is 2.